The summed E-state index contributed by atoms with van der Waals surface area (Å²) in [4.78, 5) is 26.1. The highest BCUT2D eigenvalue weighted by Gasteiger charge is 2.25. The zero-order chi connectivity index (χ0) is 22.2. The van der Waals surface area contributed by atoms with Gasteiger partial charge in [-0.05, 0) is 55.5 Å². The minimum atomic E-state index is -1.27. The molecule has 0 aromatic heterocycles. The first-order valence-electron chi connectivity index (χ1n) is 9.95. The van der Waals surface area contributed by atoms with E-state index >= 15 is 0 Å². The van der Waals surface area contributed by atoms with Crippen LogP contribution < -0.4 is 15.7 Å². The molecule has 162 valence electrons. The van der Waals surface area contributed by atoms with Gasteiger partial charge in [0.15, 0.2) is 0 Å². The molecule has 1 aliphatic rings. The number of nitrogens with zero attached hydrogens (tertiary/aromatic N) is 1. The Hall–Kier alpha value is -3.38. The molecule has 8 heteroatoms. The van der Waals surface area contributed by atoms with Crippen molar-refractivity contribution in [2.24, 2.45) is 0 Å². The van der Waals surface area contributed by atoms with E-state index in [4.69, 9.17) is 9.94 Å². The third kappa shape index (κ3) is 6.06. The molecule has 2 aromatic carbocycles. The summed E-state index contributed by atoms with van der Waals surface area (Å²) >= 11 is 0. The van der Waals surface area contributed by atoms with Gasteiger partial charge in [0.25, 0.3) is 11.8 Å². The van der Waals surface area contributed by atoms with Crippen molar-refractivity contribution < 1.29 is 24.6 Å². The van der Waals surface area contributed by atoms with Gasteiger partial charge in [-0.25, -0.2) is 5.48 Å². The number of hydrogen-bond donors (Lipinski definition) is 4. The number of aliphatic hydroxyl groups is 1. The Balaban J connectivity index is 1.62. The number of benzene rings is 2. The van der Waals surface area contributed by atoms with Crippen LogP contribution >= 0.6 is 0 Å². The highest BCUT2D eigenvalue weighted by Crippen LogP contribution is 2.16. The molecule has 2 atom stereocenters. The Morgan fingerprint density at radius 2 is 1.55 bits per heavy atom. The molecular formula is C23H25N3O5. The van der Waals surface area contributed by atoms with Crippen LogP contribution in [0.4, 0.5) is 5.69 Å². The van der Waals surface area contributed by atoms with Gasteiger partial charge in [0.2, 0.25) is 0 Å². The van der Waals surface area contributed by atoms with E-state index in [0.717, 1.165) is 43.1 Å². The summed E-state index contributed by atoms with van der Waals surface area (Å²) in [5.41, 5.74) is 4.49. The Morgan fingerprint density at radius 1 is 1.00 bits per heavy atom. The Bertz CT molecular complexity index is 955. The van der Waals surface area contributed by atoms with Crippen molar-refractivity contribution in [1.29, 1.82) is 0 Å². The van der Waals surface area contributed by atoms with Crippen molar-refractivity contribution in [1.82, 2.24) is 10.8 Å². The molecule has 8 nitrogen and oxygen atoms in total. The van der Waals surface area contributed by atoms with Gasteiger partial charge in [-0.1, -0.05) is 11.8 Å². The predicted octanol–water partition coefficient (Wildman–Crippen LogP) is 0.908. The molecule has 2 aromatic rings. The highest BCUT2D eigenvalue weighted by molar-refractivity contribution is 5.97. The SMILES string of the molecule is C[C@@H](O)[C@H](NC(=O)c1ccc(C#Cc2ccc(N3CCOCC3)cc2)cc1)C(=O)NO. The molecular weight excluding hydrogens is 398 g/mol. The van der Waals surface area contributed by atoms with Crippen LogP contribution in [0.5, 0.6) is 0 Å². The van der Waals surface area contributed by atoms with Crippen molar-refractivity contribution in [3.05, 3.63) is 65.2 Å². The van der Waals surface area contributed by atoms with Crippen LogP contribution in [0, 0.1) is 11.8 Å². The van der Waals surface area contributed by atoms with Crippen LogP contribution in [0.2, 0.25) is 0 Å². The fourth-order valence-electron chi connectivity index (χ4n) is 3.13. The predicted molar refractivity (Wildman–Crippen MR) is 115 cm³/mol. The van der Waals surface area contributed by atoms with E-state index < -0.39 is 24.0 Å². The lowest BCUT2D eigenvalue weighted by Crippen LogP contribution is -2.51. The minimum absolute atomic E-state index is 0.303. The van der Waals surface area contributed by atoms with Crippen molar-refractivity contribution in [2.45, 2.75) is 19.1 Å². The quantitative estimate of drug-likeness (QED) is 0.323. The molecule has 1 fully saturated rings. The zero-order valence-electron chi connectivity index (χ0n) is 17.2. The van der Waals surface area contributed by atoms with Crippen molar-refractivity contribution >= 4 is 17.5 Å². The van der Waals surface area contributed by atoms with Crippen LogP contribution in [0.15, 0.2) is 48.5 Å². The lowest BCUT2D eigenvalue weighted by Gasteiger charge is -2.28. The number of nitrogens with one attached hydrogen (secondary N) is 2. The molecule has 1 heterocycles. The van der Waals surface area contributed by atoms with Gasteiger partial charge in [-0.3, -0.25) is 14.8 Å². The maximum absolute atomic E-state index is 12.3. The Labute approximate surface area is 180 Å². The molecule has 4 N–H and O–H groups in total. The zero-order valence-corrected chi connectivity index (χ0v) is 17.2. The number of anilines is 1. The van der Waals surface area contributed by atoms with Gasteiger partial charge in [-0.2, -0.15) is 0 Å². The van der Waals surface area contributed by atoms with E-state index in [1.807, 2.05) is 24.3 Å². The van der Waals surface area contributed by atoms with Crippen molar-refractivity contribution in [2.75, 3.05) is 31.2 Å². The highest BCUT2D eigenvalue weighted by atomic mass is 16.5. The third-order valence-corrected chi connectivity index (χ3v) is 4.90. The number of ether oxygens (including phenoxy) is 1. The van der Waals surface area contributed by atoms with Crippen LogP contribution in [0.25, 0.3) is 0 Å². The Kier molecular flexibility index (Phi) is 7.62. The third-order valence-electron chi connectivity index (χ3n) is 4.90. The first-order chi connectivity index (χ1) is 15.0. The summed E-state index contributed by atoms with van der Waals surface area (Å²) in [6.45, 7) is 4.58. The average molecular weight is 423 g/mol. The van der Waals surface area contributed by atoms with E-state index in [9.17, 15) is 14.7 Å². The van der Waals surface area contributed by atoms with Gasteiger partial charge in [0, 0.05) is 35.5 Å². The first kappa shape index (κ1) is 22.3. The van der Waals surface area contributed by atoms with E-state index in [2.05, 4.69) is 22.1 Å². The first-order valence-corrected chi connectivity index (χ1v) is 9.95. The molecule has 0 unspecified atom stereocenters. The van der Waals surface area contributed by atoms with E-state index in [0.29, 0.717) is 5.56 Å². The number of aliphatic hydroxyl groups excluding tert-OH is 1. The van der Waals surface area contributed by atoms with Gasteiger partial charge >= 0.3 is 0 Å². The standard InChI is InChI=1S/C23H25N3O5/c1-16(27)21(23(29)25-30)24-22(28)19-8-4-17(5-9-19)2-3-18-6-10-20(11-7-18)26-12-14-31-15-13-26/h4-11,16,21,27,30H,12-15H2,1H3,(H,24,28)(H,25,29)/t16-,21+/m1/s1. The number of hydroxylamine groups is 1. The van der Waals surface area contributed by atoms with Crippen LogP contribution in [-0.2, 0) is 9.53 Å². The molecule has 3 rings (SSSR count). The van der Waals surface area contributed by atoms with E-state index in [-0.39, 0.29) is 0 Å². The minimum Gasteiger partial charge on any atom is -0.391 e. The number of carbonyl (C=O) groups excluding carboxylic acids is 2. The second-order valence-electron chi connectivity index (χ2n) is 7.14. The van der Waals surface area contributed by atoms with Gasteiger partial charge < -0.3 is 20.1 Å². The van der Waals surface area contributed by atoms with Crippen LogP contribution in [-0.4, -0.2) is 60.6 Å². The summed E-state index contributed by atoms with van der Waals surface area (Å²) in [5, 5.41) is 20.7. The molecule has 0 spiro atoms. The molecule has 1 aliphatic heterocycles. The normalized spacial score (nSPS) is 15.3. The van der Waals surface area contributed by atoms with Gasteiger partial charge in [0.05, 0.1) is 19.3 Å². The summed E-state index contributed by atoms with van der Waals surface area (Å²) < 4.78 is 5.37. The number of morpholine rings is 1. The summed E-state index contributed by atoms with van der Waals surface area (Å²) in [6.07, 6.45) is -1.17. The smallest absolute Gasteiger partial charge is 0.268 e. The number of hydrogen-bond acceptors (Lipinski definition) is 6. The average Bonchev–Trinajstić information content (AvgIpc) is 2.81. The largest absolute Gasteiger partial charge is 0.391 e. The van der Waals surface area contributed by atoms with Crippen molar-refractivity contribution in [3.63, 3.8) is 0 Å². The van der Waals surface area contributed by atoms with Gasteiger partial charge in [-0.15, -0.1) is 0 Å². The van der Waals surface area contributed by atoms with E-state index in [1.54, 1.807) is 24.3 Å². The molecule has 31 heavy (non-hydrogen) atoms. The number of carbonyl (C=O) groups is 2. The summed E-state index contributed by atoms with van der Waals surface area (Å²) in [7, 11) is 0. The lowest BCUT2D eigenvalue weighted by molar-refractivity contribution is -0.133. The molecule has 2 amide bonds. The lowest BCUT2D eigenvalue weighted by atomic mass is 10.1. The Morgan fingerprint density at radius 3 is 2.06 bits per heavy atom. The van der Waals surface area contributed by atoms with Crippen LogP contribution in [0.3, 0.4) is 0 Å². The summed E-state index contributed by atoms with van der Waals surface area (Å²) in [6, 6.07) is 13.3. The fourth-order valence-corrected chi connectivity index (χ4v) is 3.13. The number of amides is 2. The number of rotatable bonds is 5. The van der Waals surface area contributed by atoms with Crippen molar-refractivity contribution in [3.8, 4) is 11.8 Å². The second kappa shape index (κ2) is 10.6. The monoisotopic (exact) mass is 423 g/mol. The second-order valence-corrected chi connectivity index (χ2v) is 7.14. The van der Waals surface area contributed by atoms with Crippen LogP contribution in [0.1, 0.15) is 28.4 Å². The summed E-state index contributed by atoms with van der Waals surface area (Å²) in [5.74, 6) is 4.72. The maximum Gasteiger partial charge on any atom is 0.268 e. The van der Waals surface area contributed by atoms with Gasteiger partial charge in [0.1, 0.15) is 6.04 Å². The topological polar surface area (TPSA) is 111 Å². The molecule has 1 saturated heterocycles. The van der Waals surface area contributed by atoms with E-state index in [1.165, 1.54) is 12.4 Å². The molecule has 0 bridgehead atoms. The molecule has 0 radical (unpaired) electrons. The molecule has 0 aliphatic carbocycles. The fraction of sp³-hybridized carbons (Fsp3) is 0.304. The molecule has 0 saturated carbocycles. The maximum atomic E-state index is 12.3.